The van der Waals surface area contributed by atoms with Gasteiger partial charge in [-0.25, -0.2) is 4.98 Å². The quantitative estimate of drug-likeness (QED) is 0.559. The second-order valence-electron chi connectivity index (χ2n) is 12.2. The van der Waals surface area contributed by atoms with Crippen LogP contribution in [-0.2, 0) is 0 Å². The number of nitrogens with zero attached hydrogens (tertiary/aromatic N) is 3. The standard InChI is InChI=1S/C30H36N4O2/c1-18-11-19-13-20(12-18)15-23(14-19)33-21-8-9-22(33)17-24(16-21)34-27-7-3-2-6-26(27)32-28(30(34)36)25-5-4-10-31-29(25)35/h2-7,10,18-24H,8-9,11-17H2,1H3,(H,31,35)/t18-,19-,20+,21-,22+,23-,24-. The number of hydrogen-bond donors (Lipinski definition) is 1. The number of nitrogens with one attached hydrogen (secondary N) is 1. The van der Waals surface area contributed by atoms with Crippen LogP contribution >= 0.6 is 0 Å². The first kappa shape index (κ1) is 22.5. The molecule has 4 heterocycles. The summed E-state index contributed by atoms with van der Waals surface area (Å²) in [6.45, 7) is 2.45. The maximum Gasteiger partial charge on any atom is 0.278 e. The van der Waals surface area contributed by atoms with Gasteiger partial charge in [0.25, 0.3) is 11.1 Å². The number of aromatic amines is 1. The van der Waals surface area contributed by atoms with Gasteiger partial charge in [0, 0.05) is 30.4 Å². The first-order valence-electron chi connectivity index (χ1n) is 14.0. The molecular weight excluding hydrogens is 448 g/mol. The maximum atomic E-state index is 13.9. The molecule has 6 nitrogen and oxygen atoms in total. The lowest BCUT2D eigenvalue weighted by atomic mass is 9.66. The third-order valence-corrected chi connectivity index (χ3v) is 9.77. The van der Waals surface area contributed by atoms with Crippen LogP contribution in [0.4, 0.5) is 0 Å². The molecule has 0 amide bonds. The van der Waals surface area contributed by atoms with E-state index in [0.29, 0.717) is 17.6 Å². The number of benzene rings is 1. The molecule has 4 aliphatic rings. The number of para-hydroxylation sites is 2. The van der Waals surface area contributed by atoms with Gasteiger partial charge in [-0.3, -0.25) is 14.5 Å². The second kappa shape index (κ2) is 8.69. The van der Waals surface area contributed by atoms with Crippen molar-refractivity contribution in [3.63, 3.8) is 0 Å². The smallest absolute Gasteiger partial charge is 0.278 e. The Kier molecular flexibility index (Phi) is 5.42. The van der Waals surface area contributed by atoms with Gasteiger partial charge in [0.1, 0.15) is 5.69 Å². The van der Waals surface area contributed by atoms with Crippen molar-refractivity contribution in [2.24, 2.45) is 17.8 Å². The summed E-state index contributed by atoms with van der Waals surface area (Å²) in [7, 11) is 0. The van der Waals surface area contributed by atoms with Gasteiger partial charge in [-0.15, -0.1) is 0 Å². The summed E-state index contributed by atoms with van der Waals surface area (Å²) in [6, 6.07) is 13.3. The molecule has 0 spiro atoms. The van der Waals surface area contributed by atoms with Crippen LogP contribution in [0.25, 0.3) is 22.3 Å². The lowest BCUT2D eigenvalue weighted by Crippen LogP contribution is -2.53. The Morgan fingerprint density at radius 2 is 1.53 bits per heavy atom. The highest BCUT2D eigenvalue weighted by atomic mass is 16.1. The van der Waals surface area contributed by atoms with Crippen molar-refractivity contribution in [3.8, 4) is 11.3 Å². The van der Waals surface area contributed by atoms with Gasteiger partial charge in [-0.1, -0.05) is 19.1 Å². The van der Waals surface area contributed by atoms with Crippen LogP contribution in [0.5, 0.6) is 0 Å². The van der Waals surface area contributed by atoms with Gasteiger partial charge < -0.3 is 9.55 Å². The van der Waals surface area contributed by atoms with E-state index in [2.05, 4.69) is 21.8 Å². The lowest BCUT2D eigenvalue weighted by Gasteiger charge is -2.50. The average Bonchev–Trinajstić information content (AvgIpc) is 3.13. The van der Waals surface area contributed by atoms with Crippen molar-refractivity contribution in [2.45, 2.75) is 88.9 Å². The Labute approximate surface area is 211 Å². The predicted octanol–water partition coefficient (Wildman–Crippen LogP) is 5.13. The van der Waals surface area contributed by atoms with Gasteiger partial charge in [0.2, 0.25) is 0 Å². The fourth-order valence-electron chi connectivity index (χ4n) is 8.68. The topological polar surface area (TPSA) is 71.0 Å². The normalized spacial score (nSPS) is 34.2. The van der Waals surface area contributed by atoms with Crippen molar-refractivity contribution < 1.29 is 0 Å². The number of hydrogen-bond acceptors (Lipinski definition) is 4. The van der Waals surface area contributed by atoms with E-state index < -0.39 is 0 Å². The zero-order chi connectivity index (χ0) is 24.4. The van der Waals surface area contributed by atoms with E-state index in [9.17, 15) is 9.59 Å². The van der Waals surface area contributed by atoms with Crippen LogP contribution in [0.3, 0.4) is 0 Å². The number of pyridine rings is 1. The molecule has 6 heteroatoms. The predicted molar refractivity (Wildman–Crippen MR) is 142 cm³/mol. The fourth-order valence-corrected chi connectivity index (χ4v) is 8.68. The SMILES string of the molecule is C[C@@H]1C[C@@H]2C[C@H](C1)C[C@H](N1[C@@H]3CC[C@H]1C[C@H](n1c(=O)c(-c4ccc[nH]c4=O)nc4ccccc41)C3)C2. The van der Waals surface area contributed by atoms with Crippen molar-refractivity contribution in [1.29, 1.82) is 0 Å². The second-order valence-corrected chi connectivity index (χ2v) is 12.2. The number of piperidine rings is 1. The molecule has 1 N–H and O–H groups in total. The molecule has 0 unspecified atom stereocenters. The summed E-state index contributed by atoms with van der Waals surface area (Å²) in [4.78, 5) is 36.8. The molecule has 3 aromatic rings. The van der Waals surface area contributed by atoms with Crippen molar-refractivity contribution in [3.05, 3.63) is 63.3 Å². The first-order chi connectivity index (χ1) is 17.5. The van der Waals surface area contributed by atoms with Crippen molar-refractivity contribution in [2.75, 3.05) is 0 Å². The van der Waals surface area contributed by atoms with Gasteiger partial charge in [0.05, 0.1) is 16.6 Å². The van der Waals surface area contributed by atoms with E-state index in [1.165, 1.54) is 44.9 Å². The first-order valence-corrected chi connectivity index (χ1v) is 14.0. The highest BCUT2D eigenvalue weighted by molar-refractivity contribution is 5.77. The molecule has 7 atom stereocenters. The Balaban J connectivity index is 1.24. The summed E-state index contributed by atoms with van der Waals surface area (Å²) >= 11 is 0. The van der Waals surface area contributed by atoms with E-state index in [1.807, 2.05) is 28.8 Å². The number of rotatable bonds is 3. The largest absolute Gasteiger partial charge is 0.329 e. The summed E-state index contributed by atoms with van der Waals surface area (Å²) in [6.07, 6.45) is 13.1. The van der Waals surface area contributed by atoms with Gasteiger partial charge >= 0.3 is 0 Å². The zero-order valence-corrected chi connectivity index (χ0v) is 21.1. The molecule has 2 aromatic heterocycles. The minimum absolute atomic E-state index is 0.135. The van der Waals surface area contributed by atoms with E-state index in [1.54, 1.807) is 18.3 Å². The molecule has 0 radical (unpaired) electrons. The Morgan fingerprint density at radius 1 is 0.806 bits per heavy atom. The fraction of sp³-hybridized carbons (Fsp3) is 0.567. The molecule has 1 aromatic carbocycles. The monoisotopic (exact) mass is 484 g/mol. The molecule has 188 valence electrons. The van der Waals surface area contributed by atoms with Crippen molar-refractivity contribution >= 4 is 11.0 Å². The zero-order valence-electron chi connectivity index (χ0n) is 21.1. The molecular formula is C30H36N4O2. The minimum atomic E-state index is -0.268. The Hall–Kier alpha value is -2.73. The summed E-state index contributed by atoms with van der Waals surface area (Å²) in [5.74, 6) is 2.72. The van der Waals surface area contributed by atoms with E-state index in [4.69, 9.17) is 0 Å². The summed E-state index contributed by atoms with van der Waals surface area (Å²) < 4.78 is 1.99. The van der Waals surface area contributed by atoms with Gasteiger partial charge in [-0.2, -0.15) is 0 Å². The van der Waals surface area contributed by atoms with Gasteiger partial charge in [0.15, 0.2) is 0 Å². The molecule has 4 fully saturated rings. The van der Waals surface area contributed by atoms with Crippen LogP contribution in [0.15, 0.2) is 52.2 Å². The highest BCUT2D eigenvalue weighted by Crippen LogP contribution is 2.49. The molecule has 2 aliphatic heterocycles. The number of fused-ring (bicyclic) bond motifs is 5. The third-order valence-electron chi connectivity index (χ3n) is 9.77. The molecule has 7 rings (SSSR count). The van der Waals surface area contributed by atoms with Gasteiger partial charge in [-0.05, 0) is 99.8 Å². The van der Waals surface area contributed by atoms with Crippen LogP contribution in [0, 0.1) is 17.8 Å². The molecule has 36 heavy (non-hydrogen) atoms. The van der Waals surface area contributed by atoms with Crippen LogP contribution in [0.1, 0.15) is 70.8 Å². The summed E-state index contributed by atoms with van der Waals surface area (Å²) in [5.41, 5.74) is 1.88. The third kappa shape index (κ3) is 3.68. The highest BCUT2D eigenvalue weighted by Gasteiger charge is 2.47. The average molecular weight is 485 g/mol. The van der Waals surface area contributed by atoms with Crippen LogP contribution < -0.4 is 11.1 Å². The molecule has 2 saturated carbocycles. The lowest BCUT2D eigenvalue weighted by molar-refractivity contribution is -0.000110. The molecule has 2 aliphatic carbocycles. The molecule has 2 saturated heterocycles. The number of aromatic nitrogens is 3. The van der Waals surface area contributed by atoms with E-state index in [0.717, 1.165) is 47.7 Å². The number of H-pyrrole nitrogens is 1. The van der Waals surface area contributed by atoms with E-state index in [-0.39, 0.29) is 22.9 Å². The van der Waals surface area contributed by atoms with Crippen molar-refractivity contribution in [1.82, 2.24) is 19.4 Å². The molecule has 4 bridgehead atoms. The van der Waals surface area contributed by atoms with Crippen LogP contribution in [0.2, 0.25) is 0 Å². The minimum Gasteiger partial charge on any atom is -0.329 e. The summed E-state index contributed by atoms with van der Waals surface area (Å²) in [5, 5.41) is 0. The van der Waals surface area contributed by atoms with E-state index >= 15 is 0 Å². The maximum absolute atomic E-state index is 13.9. The van der Waals surface area contributed by atoms with Crippen LogP contribution in [-0.4, -0.2) is 37.6 Å². The Bertz CT molecular complexity index is 1380. The Morgan fingerprint density at radius 3 is 2.25 bits per heavy atom.